The fourth-order valence-corrected chi connectivity index (χ4v) is 2.26. The van der Waals surface area contributed by atoms with Crippen LogP contribution in [0.5, 0.6) is 0 Å². The highest BCUT2D eigenvalue weighted by Crippen LogP contribution is 2.17. The smallest absolute Gasteiger partial charge is 0.0929 e. The van der Waals surface area contributed by atoms with Crippen LogP contribution in [-0.4, -0.2) is 13.7 Å². The lowest BCUT2D eigenvalue weighted by Gasteiger charge is -2.12. The fraction of sp³-hybridized carbons (Fsp3) is 0.222. The Morgan fingerprint density at radius 3 is 2.94 bits per heavy atom. The second-order valence-electron chi connectivity index (χ2n) is 3.27. The van der Waals surface area contributed by atoms with Crippen LogP contribution < -0.4 is 11.3 Å². The van der Waals surface area contributed by atoms with Crippen molar-refractivity contribution in [3.8, 4) is 0 Å². The van der Waals surface area contributed by atoms with Gasteiger partial charge >= 0.3 is 0 Å². The first kappa shape index (κ1) is 11.6. The molecule has 2 aromatic rings. The SMILES string of the molecule is NNC(Cc1cncc(Br)c1)c1cnsn1. The molecule has 0 radical (unpaired) electrons. The van der Waals surface area contributed by atoms with Crippen molar-refractivity contribution >= 4 is 27.7 Å². The number of hydrazine groups is 1. The molecule has 0 saturated heterocycles. The Hall–Kier alpha value is -0.890. The normalized spacial score (nSPS) is 12.6. The van der Waals surface area contributed by atoms with Crippen molar-refractivity contribution in [2.75, 3.05) is 0 Å². The first-order valence-electron chi connectivity index (χ1n) is 4.62. The quantitative estimate of drug-likeness (QED) is 0.660. The lowest BCUT2D eigenvalue weighted by molar-refractivity contribution is 0.541. The zero-order chi connectivity index (χ0) is 11.4. The van der Waals surface area contributed by atoms with Gasteiger partial charge in [0.05, 0.1) is 29.7 Å². The third-order valence-corrected chi connectivity index (χ3v) is 3.06. The third kappa shape index (κ3) is 2.82. The zero-order valence-corrected chi connectivity index (χ0v) is 10.7. The summed E-state index contributed by atoms with van der Waals surface area (Å²) in [5, 5.41) is 0. The topological polar surface area (TPSA) is 76.7 Å². The molecule has 1 unspecified atom stereocenters. The minimum atomic E-state index is -0.0325. The number of pyridine rings is 1. The van der Waals surface area contributed by atoms with Crippen molar-refractivity contribution in [2.45, 2.75) is 12.5 Å². The predicted octanol–water partition coefficient (Wildman–Crippen LogP) is 1.44. The average Bonchev–Trinajstić information content (AvgIpc) is 2.79. The molecule has 0 bridgehead atoms. The summed E-state index contributed by atoms with van der Waals surface area (Å²) in [7, 11) is 0. The monoisotopic (exact) mass is 299 g/mol. The van der Waals surface area contributed by atoms with Crippen molar-refractivity contribution in [3.63, 3.8) is 0 Å². The molecule has 2 heterocycles. The molecule has 0 aliphatic carbocycles. The van der Waals surface area contributed by atoms with E-state index in [4.69, 9.17) is 5.84 Å². The third-order valence-electron chi connectivity index (χ3n) is 2.14. The summed E-state index contributed by atoms with van der Waals surface area (Å²) in [4.78, 5) is 4.10. The van der Waals surface area contributed by atoms with Crippen LogP contribution in [0.1, 0.15) is 17.3 Å². The number of nitrogens with two attached hydrogens (primary N) is 1. The van der Waals surface area contributed by atoms with Crippen LogP contribution in [-0.2, 0) is 6.42 Å². The lowest BCUT2D eigenvalue weighted by atomic mass is 10.1. The maximum absolute atomic E-state index is 5.50. The molecule has 0 amide bonds. The van der Waals surface area contributed by atoms with Crippen LogP contribution in [0.3, 0.4) is 0 Å². The van der Waals surface area contributed by atoms with Crippen LogP contribution >= 0.6 is 27.7 Å². The zero-order valence-electron chi connectivity index (χ0n) is 8.30. The Balaban J connectivity index is 2.13. The van der Waals surface area contributed by atoms with Crippen molar-refractivity contribution in [1.29, 1.82) is 0 Å². The van der Waals surface area contributed by atoms with E-state index in [-0.39, 0.29) is 6.04 Å². The van der Waals surface area contributed by atoms with Gasteiger partial charge in [-0.1, -0.05) is 0 Å². The predicted molar refractivity (Wildman–Crippen MR) is 65.6 cm³/mol. The molecule has 2 rings (SSSR count). The Kier molecular flexibility index (Phi) is 3.94. The van der Waals surface area contributed by atoms with E-state index >= 15 is 0 Å². The largest absolute Gasteiger partial charge is 0.271 e. The molecule has 0 saturated carbocycles. The van der Waals surface area contributed by atoms with Gasteiger partial charge in [-0.2, -0.15) is 8.75 Å². The van der Waals surface area contributed by atoms with Gasteiger partial charge in [-0.25, -0.2) is 0 Å². The van der Waals surface area contributed by atoms with Gasteiger partial charge in [0, 0.05) is 16.9 Å². The van der Waals surface area contributed by atoms with E-state index in [2.05, 4.69) is 35.1 Å². The van der Waals surface area contributed by atoms with Gasteiger partial charge in [0.1, 0.15) is 0 Å². The molecule has 7 heteroatoms. The number of aromatic nitrogens is 3. The Labute approximate surface area is 106 Å². The molecule has 5 nitrogen and oxygen atoms in total. The second kappa shape index (κ2) is 5.44. The molecule has 0 spiro atoms. The van der Waals surface area contributed by atoms with Gasteiger partial charge in [0.2, 0.25) is 0 Å². The van der Waals surface area contributed by atoms with E-state index in [1.807, 2.05) is 12.3 Å². The highest BCUT2D eigenvalue weighted by molar-refractivity contribution is 9.10. The molecule has 3 N–H and O–H groups in total. The summed E-state index contributed by atoms with van der Waals surface area (Å²) < 4.78 is 9.08. The maximum atomic E-state index is 5.50. The van der Waals surface area contributed by atoms with Crippen LogP contribution in [0, 0.1) is 0 Å². The molecule has 0 fully saturated rings. The Bertz CT molecular complexity index is 447. The summed E-state index contributed by atoms with van der Waals surface area (Å²) in [6.07, 6.45) is 6.02. The van der Waals surface area contributed by atoms with Gasteiger partial charge < -0.3 is 0 Å². The highest BCUT2D eigenvalue weighted by atomic mass is 79.9. The lowest BCUT2D eigenvalue weighted by Crippen LogP contribution is -2.29. The molecule has 16 heavy (non-hydrogen) atoms. The molecular formula is C9H10BrN5S. The van der Waals surface area contributed by atoms with E-state index in [1.165, 1.54) is 11.7 Å². The Morgan fingerprint density at radius 1 is 1.44 bits per heavy atom. The van der Waals surface area contributed by atoms with E-state index in [0.29, 0.717) is 0 Å². The number of hydrogen-bond donors (Lipinski definition) is 2. The van der Waals surface area contributed by atoms with Gasteiger partial charge in [0.15, 0.2) is 0 Å². The molecule has 1 atom stereocenters. The van der Waals surface area contributed by atoms with Crippen molar-refractivity contribution in [1.82, 2.24) is 19.2 Å². The number of nitrogens with one attached hydrogen (secondary N) is 1. The highest BCUT2D eigenvalue weighted by Gasteiger charge is 2.13. The molecule has 2 aromatic heterocycles. The summed E-state index contributed by atoms with van der Waals surface area (Å²) in [6.45, 7) is 0. The summed E-state index contributed by atoms with van der Waals surface area (Å²) in [6, 6.07) is 1.98. The molecule has 0 aromatic carbocycles. The first-order chi connectivity index (χ1) is 7.79. The van der Waals surface area contributed by atoms with Gasteiger partial charge in [-0.3, -0.25) is 16.3 Å². The fourth-order valence-electron chi connectivity index (χ4n) is 1.38. The summed E-state index contributed by atoms with van der Waals surface area (Å²) in [5.41, 5.74) is 4.68. The maximum Gasteiger partial charge on any atom is 0.0929 e. The van der Waals surface area contributed by atoms with Crippen molar-refractivity contribution in [2.24, 2.45) is 5.84 Å². The van der Waals surface area contributed by atoms with E-state index in [0.717, 1.165) is 22.2 Å². The number of rotatable bonds is 4. The van der Waals surface area contributed by atoms with Crippen LogP contribution in [0.15, 0.2) is 29.1 Å². The van der Waals surface area contributed by atoms with E-state index < -0.39 is 0 Å². The Morgan fingerprint density at radius 2 is 2.31 bits per heavy atom. The number of halogens is 1. The van der Waals surface area contributed by atoms with E-state index in [9.17, 15) is 0 Å². The number of hydrogen-bond acceptors (Lipinski definition) is 6. The van der Waals surface area contributed by atoms with Crippen LogP contribution in [0.2, 0.25) is 0 Å². The molecule has 0 aliphatic heterocycles. The minimum Gasteiger partial charge on any atom is -0.271 e. The minimum absolute atomic E-state index is 0.0325. The average molecular weight is 300 g/mol. The van der Waals surface area contributed by atoms with E-state index in [1.54, 1.807) is 12.4 Å². The van der Waals surface area contributed by atoms with Gasteiger partial charge in [-0.15, -0.1) is 0 Å². The van der Waals surface area contributed by atoms with Crippen LogP contribution in [0.4, 0.5) is 0 Å². The molecular weight excluding hydrogens is 290 g/mol. The van der Waals surface area contributed by atoms with Crippen molar-refractivity contribution < 1.29 is 0 Å². The summed E-state index contributed by atoms with van der Waals surface area (Å²) >= 11 is 4.56. The molecule has 0 aliphatic rings. The van der Waals surface area contributed by atoms with Crippen molar-refractivity contribution in [3.05, 3.63) is 40.4 Å². The molecule has 84 valence electrons. The van der Waals surface area contributed by atoms with Crippen LogP contribution in [0.25, 0.3) is 0 Å². The first-order valence-corrected chi connectivity index (χ1v) is 6.15. The van der Waals surface area contributed by atoms with Gasteiger partial charge in [0.25, 0.3) is 0 Å². The van der Waals surface area contributed by atoms with Gasteiger partial charge in [-0.05, 0) is 34.0 Å². The number of nitrogens with zero attached hydrogens (tertiary/aromatic N) is 3. The standard InChI is InChI=1S/C9H10BrN5S/c10-7-1-6(3-12-4-7)2-8(14-11)9-5-13-16-15-9/h1,3-5,8,14H,2,11H2. The summed E-state index contributed by atoms with van der Waals surface area (Å²) in [5.74, 6) is 5.50. The second-order valence-corrected chi connectivity index (χ2v) is 4.74.